The van der Waals surface area contributed by atoms with Crippen molar-refractivity contribution in [3.8, 4) is 11.1 Å². The number of carbonyl (C=O) groups excluding carboxylic acids is 3. The largest absolute Gasteiger partial charge is 0.511 e. The smallest absolute Gasteiger partial charge is 0.409 e. The van der Waals surface area contributed by atoms with Gasteiger partial charge in [0.05, 0.1) is 18.8 Å². The van der Waals surface area contributed by atoms with E-state index in [4.69, 9.17) is 9.47 Å². The molecule has 202 valence electrons. The molecule has 2 aliphatic rings. The highest BCUT2D eigenvalue weighted by atomic mass is 16.6. The third kappa shape index (κ3) is 5.85. The van der Waals surface area contributed by atoms with Crippen molar-refractivity contribution in [2.45, 2.75) is 52.1 Å². The molecular weight excluding hydrogens is 484 g/mol. The summed E-state index contributed by atoms with van der Waals surface area (Å²) in [5.74, 6) is -1.38. The SMILES string of the molecule is CCOC(=O)C1=C(O)CC2(CCN(C(=O)OCC(C)C)CC2)N(Cc2ccc(-c3ccccc3)cc2)C1=O. The van der Waals surface area contributed by atoms with Crippen molar-refractivity contribution in [3.05, 3.63) is 71.5 Å². The molecule has 2 aromatic carbocycles. The summed E-state index contributed by atoms with van der Waals surface area (Å²) in [6.45, 7) is 7.09. The average molecular weight is 521 g/mol. The lowest BCUT2D eigenvalue weighted by Crippen LogP contribution is -2.60. The predicted octanol–water partition coefficient (Wildman–Crippen LogP) is 5.09. The molecule has 38 heavy (non-hydrogen) atoms. The summed E-state index contributed by atoms with van der Waals surface area (Å²) in [4.78, 5) is 42.2. The first-order chi connectivity index (χ1) is 18.2. The molecule has 1 saturated heterocycles. The maximum Gasteiger partial charge on any atom is 0.409 e. The van der Waals surface area contributed by atoms with Crippen LogP contribution in [-0.2, 0) is 25.6 Å². The quantitative estimate of drug-likeness (QED) is 0.404. The summed E-state index contributed by atoms with van der Waals surface area (Å²) >= 11 is 0. The van der Waals surface area contributed by atoms with E-state index in [9.17, 15) is 19.5 Å². The van der Waals surface area contributed by atoms with Crippen LogP contribution in [0, 0.1) is 5.92 Å². The maximum absolute atomic E-state index is 13.7. The molecule has 0 aromatic heterocycles. The molecule has 8 heteroatoms. The number of likely N-dealkylation sites (tertiary alicyclic amines) is 1. The number of aliphatic hydroxyl groups excluding tert-OH is 1. The highest BCUT2D eigenvalue weighted by Gasteiger charge is 2.50. The average Bonchev–Trinajstić information content (AvgIpc) is 2.91. The van der Waals surface area contributed by atoms with Gasteiger partial charge < -0.3 is 24.4 Å². The van der Waals surface area contributed by atoms with E-state index in [1.165, 1.54) is 0 Å². The molecule has 0 atom stereocenters. The van der Waals surface area contributed by atoms with E-state index < -0.39 is 17.4 Å². The Hall–Kier alpha value is -3.81. The summed E-state index contributed by atoms with van der Waals surface area (Å²) in [6.07, 6.45) is 0.671. The number of rotatable bonds is 7. The van der Waals surface area contributed by atoms with E-state index in [2.05, 4.69) is 0 Å². The number of carbonyl (C=O) groups is 3. The van der Waals surface area contributed by atoms with E-state index in [0.717, 1.165) is 16.7 Å². The van der Waals surface area contributed by atoms with Crippen LogP contribution in [0.1, 0.15) is 45.6 Å². The monoisotopic (exact) mass is 520 g/mol. The van der Waals surface area contributed by atoms with Crippen LogP contribution in [0.5, 0.6) is 0 Å². The van der Waals surface area contributed by atoms with Crippen LogP contribution < -0.4 is 0 Å². The fraction of sp³-hybridized carbons (Fsp3) is 0.433. The number of hydrogen-bond donors (Lipinski definition) is 1. The van der Waals surface area contributed by atoms with Gasteiger partial charge in [-0.05, 0) is 42.4 Å². The molecular formula is C30H36N2O6. The Labute approximate surface area is 223 Å². The van der Waals surface area contributed by atoms with Gasteiger partial charge in [0.15, 0.2) is 5.57 Å². The summed E-state index contributed by atoms with van der Waals surface area (Å²) < 4.78 is 10.5. The number of amides is 2. The lowest BCUT2D eigenvalue weighted by Gasteiger charge is -2.50. The van der Waals surface area contributed by atoms with Crippen LogP contribution in [0.15, 0.2) is 65.9 Å². The molecule has 4 rings (SSSR count). The minimum Gasteiger partial charge on any atom is -0.511 e. The highest BCUT2D eigenvalue weighted by Crippen LogP contribution is 2.41. The number of benzene rings is 2. The number of esters is 1. The number of aliphatic hydroxyl groups is 1. The van der Waals surface area contributed by atoms with Gasteiger partial charge in [-0.2, -0.15) is 0 Å². The topological polar surface area (TPSA) is 96.4 Å². The van der Waals surface area contributed by atoms with Crippen LogP contribution in [0.2, 0.25) is 0 Å². The van der Waals surface area contributed by atoms with Gasteiger partial charge in [0.1, 0.15) is 5.76 Å². The second-order valence-corrected chi connectivity index (χ2v) is 10.4. The van der Waals surface area contributed by atoms with Crippen molar-refractivity contribution in [2.75, 3.05) is 26.3 Å². The Kier molecular flexibility index (Phi) is 8.39. The minimum atomic E-state index is -0.816. The minimum absolute atomic E-state index is 0.0996. The molecule has 0 unspecified atom stereocenters. The Bertz CT molecular complexity index is 1180. The number of piperidine rings is 1. The van der Waals surface area contributed by atoms with E-state index in [0.29, 0.717) is 32.5 Å². The van der Waals surface area contributed by atoms with E-state index in [1.807, 2.05) is 68.4 Å². The van der Waals surface area contributed by atoms with Crippen molar-refractivity contribution in [1.29, 1.82) is 0 Å². The molecule has 2 amide bonds. The van der Waals surface area contributed by atoms with Crippen LogP contribution >= 0.6 is 0 Å². The van der Waals surface area contributed by atoms with Crippen LogP contribution in [0.3, 0.4) is 0 Å². The maximum atomic E-state index is 13.7. The number of hydrogen-bond acceptors (Lipinski definition) is 6. The molecule has 1 N–H and O–H groups in total. The summed E-state index contributed by atoms with van der Waals surface area (Å²) in [5, 5.41) is 10.8. The molecule has 0 bridgehead atoms. The second-order valence-electron chi connectivity index (χ2n) is 10.4. The first kappa shape index (κ1) is 27.2. The lowest BCUT2D eigenvalue weighted by atomic mass is 9.78. The van der Waals surface area contributed by atoms with Gasteiger partial charge in [-0.15, -0.1) is 0 Å². The molecule has 0 aliphatic carbocycles. The molecule has 0 radical (unpaired) electrons. The van der Waals surface area contributed by atoms with E-state index >= 15 is 0 Å². The first-order valence-corrected chi connectivity index (χ1v) is 13.2. The second kappa shape index (κ2) is 11.7. The number of nitrogens with zero attached hydrogens (tertiary/aromatic N) is 2. The zero-order valence-electron chi connectivity index (χ0n) is 22.3. The Balaban J connectivity index is 1.58. The zero-order valence-corrected chi connectivity index (χ0v) is 22.3. The Morgan fingerprint density at radius 3 is 2.21 bits per heavy atom. The van der Waals surface area contributed by atoms with E-state index in [-0.39, 0.29) is 42.9 Å². The van der Waals surface area contributed by atoms with Gasteiger partial charge >= 0.3 is 12.1 Å². The highest BCUT2D eigenvalue weighted by molar-refractivity contribution is 6.17. The molecule has 1 spiro atoms. The molecule has 0 saturated carbocycles. The Morgan fingerprint density at radius 2 is 1.61 bits per heavy atom. The van der Waals surface area contributed by atoms with Crippen LogP contribution in [0.25, 0.3) is 11.1 Å². The summed E-state index contributed by atoms with van der Waals surface area (Å²) in [5.41, 5.74) is 2.02. The summed E-state index contributed by atoms with van der Waals surface area (Å²) in [6, 6.07) is 18.0. The fourth-order valence-corrected chi connectivity index (χ4v) is 5.11. The van der Waals surface area contributed by atoms with Crippen molar-refractivity contribution in [2.24, 2.45) is 5.92 Å². The van der Waals surface area contributed by atoms with Gasteiger partial charge in [-0.1, -0.05) is 68.4 Å². The summed E-state index contributed by atoms with van der Waals surface area (Å²) in [7, 11) is 0. The van der Waals surface area contributed by atoms with Crippen molar-refractivity contribution in [3.63, 3.8) is 0 Å². The lowest BCUT2D eigenvalue weighted by molar-refractivity contribution is -0.148. The molecule has 8 nitrogen and oxygen atoms in total. The zero-order chi connectivity index (χ0) is 27.3. The van der Waals surface area contributed by atoms with E-state index in [1.54, 1.807) is 16.7 Å². The first-order valence-electron chi connectivity index (χ1n) is 13.2. The van der Waals surface area contributed by atoms with Crippen molar-refractivity contribution < 1.29 is 29.0 Å². The predicted molar refractivity (Wildman–Crippen MR) is 143 cm³/mol. The standard InChI is InChI=1S/C30H36N2O6/c1-4-37-28(35)26-25(33)18-30(14-16-31(17-15-30)29(36)38-20-21(2)3)32(27(26)34)19-22-10-12-24(13-11-22)23-8-6-5-7-9-23/h5-13,21,33H,4,14-20H2,1-3H3. The fourth-order valence-electron chi connectivity index (χ4n) is 5.11. The molecule has 2 aromatic rings. The van der Waals surface area contributed by atoms with Crippen molar-refractivity contribution >= 4 is 18.0 Å². The Morgan fingerprint density at radius 1 is 0.974 bits per heavy atom. The normalized spacial score (nSPS) is 17.2. The third-order valence-electron chi connectivity index (χ3n) is 7.19. The van der Waals surface area contributed by atoms with Gasteiger partial charge in [0.2, 0.25) is 0 Å². The third-order valence-corrected chi connectivity index (χ3v) is 7.19. The van der Waals surface area contributed by atoms with Gasteiger partial charge in [-0.3, -0.25) is 4.79 Å². The number of ether oxygens (including phenoxy) is 2. The van der Waals surface area contributed by atoms with Gasteiger partial charge in [0, 0.05) is 26.1 Å². The molecule has 2 heterocycles. The molecule has 2 aliphatic heterocycles. The molecule has 1 fully saturated rings. The van der Waals surface area contributed by atoms with Crippen molar-refractivity contribution in [1.82, 2.24) is 9.80 Å². The van der Waals surface area contributed by atoms with Crippen LogP contribution in [-0.4, -0.2) is 64.7 Å². The van der Waals surface area contributed by atoms with Gasteiger partial charge in [-0.25, -0.2) is 9.59 Å². The van der Waals surface area contributed by atoms with Gasteiger partial charge in [0.25, 0.3) is 5.91 Å². The van der Waals surface area contributed by atoms with Crippen LogP contribution in [0.4, 0.5) is 4.79 Å².